The molecule has 1 saturated heterocycles. The van der Waals surface area contributed by atoms with E-state index in [1.165, 1.54) is 4.31 Å². The Balaban J connectivity index is 1.74. The number of nitrogens with zero attached hydrogens (tertiary/aromatic N) is 3. The van der Waals surface area contributed by atoms with Gasteiger partial charge in [-0.1, -0.05) is 12.1 Å². The first-order chi connectivity index (χ1) is 13.9. The minimum Gasteiger partial charge on any atom is -0.497 e. The van der Waals surface area contributed by atoms with Gasteiger partial charge in [0.2, 0.25) is 15.9 Å². The Kier molecular flexibility index (Phi) is 6.59. The standard InChI is InChI=1S/C20H28N4O4S/c1-4-29(26,27)24-12-9-16(10-13-24)20(25)22-18(19-21-11-14-23(19)2)15-5-7-17(28-3)8-6-15/h5-8,11,14,16,18H,4,9-10,12-13H2,1-3H3,(H,22,25)/t18-/m1/s1. The molecule has 1 aromatic carbocycles. The van der Waals surface area contributed by atoms with Gasteiger partial charge in [0.15, 0.2) is 0 Å². The number of hydrogen-bond acceptors (Lipinski definition) is 5. The molecule has 158 valence electrons. The molecule has 1 aliphatic heterocycles. The number of sulfonamides is 1. The third kappa shape index (κ3) is 4.79. The molecule has 1 fully saturated rings. The van der Waals surface area contributed by atoms with E-state index >= 15 is 0 Å². The molecule has 8 nitrogen and oxygen atoms in total. The highest BCUT2D eigenvalue weighted by Crippen LogP contribution is 2.26. The summed E-state index contributed by atoms with van der Waals surface area (Å²) in [6.07, 6.45) is 4.57. The maximum atomic E-state index is 13.0. The molecular weight excluding hydrogens is 392 g/mol. The zero-order valence-corrected chi connectivity index (χ0v) is 17.9. The second-order valence-corrected chi connectivity index (χ2v) is 9.44. The molecule has 1 N–H and O–H groups in total. The largest absolute Gasteiger partial charge is 0.497 e. The van der Waals surface area contributed by atoms with Crippen LogP contribution in [-0.4, -0.2) is 54.1 Å². The predicted molar refractivity (Wildman–Crippen MR) is 110 cm³/mol. The van der Waals surface area contributed by atoms with Crippen molar-refractivity contribution in [1.29, 1.82) is 0 Å². The van der Waals surface area contributed by atoms with Crippen molar-refractivity contribution in [2.45, 2.75) is 25.8 Å². The summed E-state index contributed by atoms with van der Waals surface area (Å²) in [6.45, 7) is 2.40. The number of carbonyl (C=O) groups excluding carboxylic acids is 1. The van der Waals surface area contributed by atoms with E-state index < -0.39 is 16.1 Å². The number of methoxy groups -OCH3 is 1. The van der Waals surface area contributed by atoms with Crippen molar-refractivity contribution in [1.82, 2.24) is 19.2 Å². The van der Waals surface area contributed by atoms with E-state index in [4.69, 9.17) is 4.74 Å². The Bertz CT molecular complexity index is 932. The van der Waals surface area contributed by atoms with Crippen LogP contribution in [0.3, 0.4) is 0 Å². The van der Waals surface area contributed by atoms with Crippen LogP contribution in [0.15, 0.2) is 36.7 Å². The summed E-state index contributed by atoms with van der Waals surface area (Å²) in [5, 5.41) is 3.12. The summed E-state index contributed by atoms with van der Waals surface area (Å²) >= 11 is 0. The number of aromatic nitrogens is 2. The zero-order valence-electron chi connectivity index (χ0n) is 17.0. The SMILES string of the molecule is CCS(=O)(=O)N1CCC(C(=O)N[C@H](c2ccc(OC)cc2)c2nccn2C)CC1. The number of nitrogens with one attached hydrogen (secondary N) is 1. The van der Waals surface area contributed by atoms with Gasteiger partial charge < -0.3 is 14.6 Å². The van der Waals surface area contributed by atoms with Crippen LogP contribution < -0.4 is 10.1 Å². The molecule has 0 bridgehead atoms. The van der Waals surface area contributed by atoms with Gasteiger partial charge in [-0.15, -0.1) is 0 Å². The van der Waals surface area contributed by atoms with Gasteiger partial charge in [0.25, 0.3) is 0 Å². The molecule has 0 radical (unpaired) electrons. The lowest BCUT2D eigenvalue weighted by molar-refractivity contribution is -0.126. The number of rotatable bonds is 7. The zero-order chi connectivity index (χ0) is 21.0. The van der Waals surface area contributed by atoms with Crippen LogP contribution in [-0.2, 0) is 21.9 Å². The quantitative estimate of drug-likeness (QED) is 0.736. The van der Waals surface area contributed by atoms with Crippen LogP contribution in [0.1, 0.15) is 37.2 Å². The van der Waals surface area contributed by atoms with E-state index in [-0.39, 0.29) is 17.6 Å². The average Bonchev–Trinajstić information content (AvgIpc) is 3.17. The first-order valence-corrected chi connectivity index (χ1v) is 11.4. The van der Waals surface area contributed by atoms with Crippen molar-refractivity contribution in [2.75, 3.05) is 26.0 Å². The van der Waals surface area contributed by atoms with E-state index in [1.54, 1.807) is 20.2 Å². The molecule has 29 heavy (non-hydrogen) atoms. The number of hydrogen-bond donors (Lipinski definition) is 1. The molecule has 1 atom stereocenters. The van der Waals surface area contributed by atoms with Gasteiger partial charge in [-0.3, -0.25) is 4.79 Å². The summed E-state index contributed by atoms with van der Waals surface area (Å²) in [5.41, 5.74) is 0.902. The monoisotopic (exact) mass is 420 g/mol. The molecule has 3 rings (SSSR count). The second-order valence-electron chi connectivity index (χ2n) is 7.18. The lowest BCUT2D eigenvalue weighted by Crippen LogP contribution is -2.44. The topological polar surface area (TPSA) is 93.5 Å². The number of piperidine rings is 1. The van der Waals surface area contributed by atoms with Crippen LogP contribution in [0.25, 0.3) is 0 Å². The predicted octanol–water partition coefficient (Wildman–Crippen LogP) is 1.70. The number of benzene rings is 1. The highest BCUT2D eigenvalue weighted by atomic mass is 32.2. The number of imidazole rings is 1. The number of amides is 1. The fourth-order valence-electron chi connectivity index (χ4n) is 3.59. The van der Waals surface area contributed by atoms with Crippen molar-refractivity contribution < 1.29 is 17.9 Å². The van der Waals surface area contributed by atoms with E-state index in [0.717, 1.165) is 17.1 Å². The highest BCUT2D eigenvalue weighted by Gasteiger charge is 2.32. The Morgan fingerprint density at radius 2 is 1.93 bits per heavy atom. The molecule has 9 heteroatoms. The van der Waals surface area contributed by atoms with E-state index in [0.29, 0.717) is 25.9 Å². The van der Waals surface area contributed by atoms with Gasteiger partial charge in [-0.2, -0.15) is 0 Å². The van der Waals surface area contributed by atoms with Gasteiger partial charge >= 0.3 is 0 Å². The molecule has 1 amide bonds. The normalized spacial score (nSPS) is 17.1. The summed E-state index contributed by atoms with van der Waals surface area (Å²) in [7, 11) is 0.290. The van der Waals surface area contributed by atoms with Crippen molar-refractivity contribution in [3.8, 4) is 5.75 Å². The summed E-state index contributed by atoms with van der Waals surface area (Å²) < 4.78 is 32.7. The Hall–Kier alpha value is -2.39. The minimum atomic E-state index is -3.21. The van der Waals surface area contributed by atoms with Gasteiger partial charge in [0.1, 0.15) is 17.6 Å². The fraction of sp³-hybridized carbons (Fsp3) is 0.500. The third-order valence-corrected chi connectivity index (χ3v) is 7.32. The van der Waals surface area contributed by atoms with Crippen LogP contribution in [0.4, 0.5) is 0 Å². The average molecular weight is 421 g/mol. The van der Waals surface area contributed by atoms with Crippen LogP contribution in [0, 0.1) is 5.92 Å². The number of aryl methyl sites for hydroxylation is 1. The molecule has 0 unspecified atom stereocenters. The van der Waals surface area contributed by atoms with Gasteiger partial charge in [-0.25, -0.2) is 17.7 Å². The van der Waals surface area contributed by atoms with Crippen molar-refractivity contribution >= 4 is 15.9 Å². The maximum absolute atomic E-state index is 13.0. The van der Waals surface area contributed by atoms with Crippen molar-refractivity contribution in [3.05, 3.63) is 48.0 Å². The Labute approximate surface area is 171 Å². The molecule has 0 spiro atoms. The molecule has 0 aliphatic carbocycles. The fourth-order valence-corrected chi connectivity index (χ4v) is 4.72. The smallest absolute Gasteiger partial charge is 0.224 e. The highest BCUT2D eigenvalue weighted by molar-refractivity contribution is 7.89. The molecule has 2 aromatic rings. The number of ether oxygens (including phenoxy) is 1. The lowest BCUT2D eigenvalue weighted by atomic mass is 9.96. The van der Waals surface area contributed by atoms with Crippen LogP contribution in [0.5, 0.6) is 5.75 Å². The van der Waals surface area contributed by atoms with E-state index in [1.807, 2.05) is 42.1 Å². The second kappa shape index (κ2) is 8.96. The Morgan fingerprint density at radius 3 is 2.45 bits per heavy atom. The first kappa shape index (κ1) is 21.3. The van der Waals surface area contributed by atoms with Crippen molar-refractivity contribution in [3.63, 3.8) is 0 Å². The van der Waals surface area contributed by atoms with E-state index in [9.17, 15) is 13.2 Å². The minimum absolute atomic E-state index is 0.0811. The molecule has 1 aromatic heterocycles. The van der Waals surface area contributed by atoms with Crippen LogP contribution >= 0.6 is 0 Å². The van der Waals surface area contributed by atoms with Gasteiger partial charge in [0.05, 0.1) is 12.9 Å². The Morgan fingerprint density at radius 1 is 1.28 bits per heavy atom. The molecular formula is C20H28N4O4S. The summed E-state index contributed by atoms with van der Waals surface area (Å²) in [5.74, 6) is 1.25. The lowest BCUT2D eigenvalue weighted by Gasteiger charge is -2.31. The van der Waals surface area contributed by atoms with Gasteiger partial charge in [-0.05, 0) is 37.5 Å². The summed E-state index contributed by atoms with van der Waals surface area (Å²) in [6, 6.07) is 7.13. The molecule has 2 heterocycles. The van der Waals surface area contributed by atoms with Crippen LogP contribution in [0.2, 0.25) is 0 Å². The maximum Gasteiger partial charge on any atom is 0.224 e. The number of carbonyl (C=O) groups is 1. The van der Waals surface area contributed by atoms with Gasteiger partial charge in [0, 0.05) is 38.4 Å². The first-order valence-electron chi connectivity index (χ1n) is 9.75. The van der Waals surface area contributed by atoms with E-state index in [2.05, 4.69) is 10.3 Å². The molecule has 1 aliphatic rings. The van der Waals surface area contributed by atoms with Crippen molar-refractivity contribution in [2.24, 2.45) is 13.0 Å². The summed E-state index contributed by atoms with van der Waals surface area (Å²) in [4.78, 5) is 17.4. The molecule has 0 saturated carbocycles. The third-order valence-electron chi connectivity index (χ3n) is 5.44.